The number of ether oxygens (including phenoxy) is 2. The number of halogens is 1. The maximum Gasteiger partial charge on any atom is 0.160 e. The van der Waals surface area contributed by atoms with Crippen LogP contribution in [-0.2, 0) is 6.42 Å². The van der Waals surface area contributed by atoms with Gasteiger partial charge in [0.1, 0.15) is 0 Å². The number of pyridine rings is 1. The summed E-state index contributed by atoms with van der Waals surface area (Å²) in [5.74, 6) is 1.47. The van der Waals surface area contributed by atoms with Gasteiger partial charge in [-0.05, 0) is 35.2 Å². The molecule has 0 atom stereocenters. The van der Waals surface area contributed by atoms with Gasteiger partial charge in [-0.2, -0.15) is 0 Å². The molecule has 0 aliphatic heterocycles. The van der Waals surface area contributed by atoms with Crippen LogP contribution in [0.2, 0.25) is 0 Å². The summed E-state index contributed by atoms with van der Waals surface area (Å²) >= 11 is 3.59. The lowest BCUT2D eigenvalue weighted by Gasteiger charge is -2.11. The number of fused-ring (bicyclic) bond motifs is 1. The van der Waals surface area contributed by atoms with Crippen molar-refractivity contribution in [3.8, 4) is 11.5 Å². The van der Waals surface area contributed by atoms with Crippen molar-refractivity contribution in [2.75, 3.05) is 14.2 Å². The highest BCUT2D eigenvalue weighted by Gasteiger charge is 2.09. The molecule has 0 N–H and O–H groups in total. The molecule has 0 aliphatic carbocycles. The highest BCUT2D eigenvalue weighted by Crippen LogP contribution is 2.30. The fourth-order valence-corrected chi connectivity index (χ4v) is 3.05. The third-order valence-corrected chi connectivity index (χ3v) is 4.35. The highest BCUT2D eigenvalue weighted by atomic mass is 79.9. The molecule has 0 aliphatic rings. The van der Waals surface area contributed by atoms with Crippen LogP contribution >= 0.6 is 15.9 Å². The van der Waals surface area contributed by atoms with Gasteiger partial charge in [0, 0.05) is 22.5 Å². The summed E-state index contributed by atoms with van der Waals surface area (Å²) in [4.78, 5) is 4.55. The van der Waals surface area contributed by atoms with Gasteiger partial charge in [-0.25, -0.2) is 0 Å². The Morgan fingerprint density at radius 2 is 1.77 bits per heavy atom. The topological polar surface area (TPSA) is 31.4 Å². The molecular formula is C18H16BrNO2. The predicted molar refractivity (Wildman–Crippen MR) is 91.8 cm³/mol. The minimum atomic E-state index is 0.736. The molecule has 0 radical (unpaired) electrons. The molecule has 0 saturated carbocycles. The molecule has 1 heterocycles. The predicted octanol–water partition coefficient (Wildman–Crippen LogP) is 4.61. The Balaban J connectivity index is 2.02. The molecule has 0 spiro atoms. The van der Waals surface area contributed by atoms with E-state index in [2.05, 4.69) is 27.0 Å². The first-order valence-electron chi connectivity index (χ1n) is 6.96. The molecule has 0 unspecified atom stereocenters. The van der Waals surface area contributed by atoms with Gasteiger partial charge in [0.25, 0.3) is 0 Å². The van der Waals surface area contributed by atoms with Crippen molar-refractivity contribution >= 4 is 26.7 Å². The smallest absolute Gasteiger partial charge is 0.160 e. The van der Waals surface area contributed by atoms with Gasteiger partial charge in [-0.15, -0.1) is 0 Å². The van der Waals surface area contributed by atoms with Gasteiger partial charge in [0.2, 0.25) is 0 Å². The van der Waals surface area contributed by atoms with E-state index in [0.29, 0.717) is 0 Å². The summed E-state index contributed by atoms with van der Waals surface area (Å²) in [6.07, 6.45) is 2.59. The number of benzene rings is 2. The molecular weight excluding hydrogens is 342 g/mol. The first kappa shape index (κ1) is 14.9. The number of aromatic nitrogens is 1. The lowest BCUT2D eigenvalue weighted by atomic mass is 10.0. The van der Waals surface area contributed by atoms with Gasteiger partial charge in [0.05, 0.1) is 19.9 Å². The van der Waals surface area contributed by atoms with E-state index in [4.69, 9.17) is 9.47 Å². The largest absolute Gasteiger partial charge is 0.493 e. The second-order valence-electron chi connectivity index (χ2n) is 4.96. The van der Waals surface area contributed by atoms with Crippen molar-refractivity contribution in [3.05, 3.63) is 64.4 Å². The minimum absolute atomic E-state index is 0.736. The minimum Gasteiger partial charge on any atom is -0.493 e. The van der Waals surface area contributed by atoms with E-state index >= 15 is 0 Å². The average molecular weight is 358 g/mol. The van der Waals surface area contributed by atoms with Crippen LogP contribution in [0, 0.1) is 0 Å². The number of hydrogen-bond donors (Lipinski definition) is 0. The van der Waals surface area contributed by atoms with Crippen molar-refractivity contribution < 1.29 is 9.47 Å². The lowest BCUT2D eigenvalue weighted by Crippen LogP contribution is -1.96. The second kappa shape index (κ2) is 6.36. The maximum absolute atomic E-state index is 5.37. The Kier molecular flexibility index (Phi) is 4.29. The molecule has 2 aromatic carbocycles. The molecule has 112 valence electrons. The zero-order valence-electron chi connectivity index (χ0n) is 12.5. The normalized spacial score (nSPS) is 10.7. The maximum atomic E-state index is 5.37. The zero-order chi connectivity index (χ0) is 15.5. The SMILES string of the molecule is COc1ccc(Cc2nccc3c(Br)cccc23)cc1OC. The monoisotopic (exact) mass is 357 g/mol. The van der Waals surface area contributed by atoms with Crippen LogP contribution in [0.25, 0.3) is 10.8 Å². The Bertz CT molecular complexity index is 817. The summed E-state index contributed by atoms with van der Waals surface area (Å²) in [6.45, 7) is 0. The van der Waals surface area contributed by atoms with Crippen molar-refractivity contribution in [1.29, 1.82) is 0 Å². The molecule has 22 heavy (non-hydrogen) atoms. The van der Waals surface area contributed by atoms with Crippen molar-refractivity contribution in [3.63, 3.8) is 0 Å². The first-order valence-corrected chi connectivity index (χ1v) is 7.75. The fourth-order valence-electron chi connectivity index (χ4n) is 2.55. The number of nitrogens with zero attached hydrogens (tertiary/aromatic N) is 1. The van der Waals surface area contributed by atoms with E-state index in [9.17, 15) is 0 Å². The molecule has 0 fully saturated rings. The van der Waals surface area contributed by atoms with Crippen LogP contribution in [0.1, 0.15) is 11.3 Å². The molecule has 4 heteroatoms. The van der Waals surface area contributed by atoms with Crippen molar-refractivity contribution in [2.24, 2.45) is 0 Å². The Morgan fingerprint density at radius 3 is 2.55 bits per heavy atom. The number of methoxy groups -OCH3 is 2. The summed E-state index contributed by atoms with van der Waals surface area (Å²) in [5.41, 5.74) is 2.18. The van der Waals surface area contributed by atoms with E-state index in [1.54, 1.807) is 14.2 Å². The van der Waals surface area contributed by atoms with Gasteiger partial charge in [0.15, 0.2) is 11.5 Å². The number of rotatable bonds is 4. The zero-order valence-corrected chi connectivity index (χ0v) is 14.1. The molecule has 1 aromatic heterocycles. The van der Waals surface area contributed by atoms with E-state index in [0.717, 1.165) is 39.0 Å². The van der Waals surface area contributed by atoms with Crippen LogP contribution in [0.3, 0.4) is 0 Å². The quantitative estimate of drug-likeness (QED) is 0.683. The van der Waals surface area contributed by atoms with E-state index in [-0.39, 0.29) is 0 Å². The molecule has 0 bridgehead atoms. The van der Waals surface area contributed by atoms with Crippen LogP contribution in [-0.4, -0.2) is 19.2 Å². The molecule has 3 aromatic rings. The summed E-state index contributed by atoms with van der Waals surface area (Å²) < 4.78 is 11.7. The number of hydrogen-bond acceptors (Lipinski definition) is 3. The van der Waals surface area contributed by atoms with Crippen molar-refractivity contribution in [1.82, 2.24) is 4.98 Å². The standard InChI is InChI=1S/C18H16BrNO2/c1-21-17-7-6-12(11-18(17)22-2)10-16-14-4-3-5-15(19)13(14)8-9-20-16/h3-9,11H,10H2,1-2H3. The molecule has 3 nitrogen and oxygen atoms in total. The van der Waals surface area contributed by atoms with Crippen LogP contribution < -0.4 is 9.47 Å². The third-order valence-electron chi connectivity index (χ3n) is 3.65. The second-order valence-corrected chi connectivity index (χ2v) is 5.81. The van der Waals surface area contributed by atoms with Crippen LogP contribution in [0.15, 0.2) is 53.1 Å². The first-order chi connectivity index (χ1) is 10.7. The van der Waals surface area contributed by atoms with Gasteiger partial charge in [-0.3, -0.25) is 4.98 Å². The average Bonchev–Trinajstić information content (AvgIpc) is 2.55. The van der Waals surface area contributed by atoms with E-state index < -0.39 is 0 Å². The molecule has 0 amide bonds. The fraction of sp³-hybridized carbons (Fsp3) is 0.167. The van der Waals surface area contributed by atoms with Crippen LogP contribution in [0.5, 0.6) is 11.5 Å². The van der Waals surface area contributed by atoms with Gasteiger partial charge in [-0.1, -0.05) is 34.1 Å². The summed E-state index contributed by atoms with van der Waals surface area (Å²) in [5, 5.41) is 2.33. The highest BCUT2D eigenvalue weighted by molar-refractivity contribution is 9.10. The van der Waals surface area contributed by atoms with Gasteiger partial charge >= 0.3 is 0 Å². The molecule has 3 rings (SSSR count). The molecule has 0 saturated heterocycles. The van der Waals surface area contributed by atoms with E-state index in [1.165, 1.54) is 5.39 Å². The van der Waals surface area contributed by atoms with Gasteiger partial charge < -0.3 is 9.47 Å². The van der Waals surface area contributed by atoms with E-state index in [1.807, 2.05) is 42.6 Å². The van der Waals surface area contributed by atoms with Crippen molar-refractivity contribution in [2.45, 2.75) is 6.42 Å². The lowest BCUT2D eigenvalue weighted by molar-refractivity contribution is 0.354. The Labute approximate surface area is 138 Å². The van der Waals surface area contributed by atoms with Crippen LogP contribution in [0.4, 0.5) is 0 Å². The Hall–Kier alpha value is -2.07. The third kappa shape index (κ3) is 2.79. The Morgan fingerprint density at radius 1 is 0.955 bits per heavy atom. The summed E-state index contributed by atoms with van der Waals surface area (Å²) in [6, 6.07) is 14.2. The summed E-state index contributed by atoms with van der Waals surface area (Å²) in [7, 11) is 3.29.